The molecule has 0 unspecified atom stereocenters. The molecule has 0 radical (unpaired) electrons. The maximum absolute atomic E-state index is 14.1. The van der Waals surface area contributed by atoms with Crippen LogP contribution in [0.4, 0.5) is 0 Å². The second kappa shape index (κ2) is 7.27. The maximum atomic E-state index is 14.1. The number of sulfone groups is 1. The van der Waals surface area contributed by atoms with Crippen LogP contribution < -0.4 is 4.74 Å². The summed E-state index contributed by atoms with van der Waals surface area (Å²) in [5.41, 5.74) is 1.03. The zero-order valence-electron chi connectivity index (χ0n) is 17.5. The minimum atomic E-state index is -3.82. The SMILES string of the molecule is CC1(C)OC(c2ccccc2)=C(S(=O)(=O)c2ccccc2)[C@H]2c3ccccc3OC[C@H]21. The summed E-state index contributed by atoms with van der Waals surface area (Å²) < 4.78 is 40.7. The first-order valence-corrected chi connectivity index (χ1v) is 11.9. The van der Waals surface area contributed by atoms with Crippen LogP contribution in [-0.2, 0) is 14.6 Å². The Balaban J connectivity index is 1.85. The van der Waals surface area contributed by atoms with Crippen molar-refractivity contribution in [1.82, 2.24) is 0 Å². The lowest BCUT2D eigenvalue weighted by molar-refractivity contribution is -0.0300. The average Bonchev–Trinajstić information content (AvgIpc) is 2.79. The largest absolute Gasteiger partial charge is 0.493 e. The fourth-order valence-electron chi connectivity index (χ4n) is 4.62. The third-order valence-electron chi connectivity index (χ3n) is 6.22. The van der Waals surface area contributed by atoms with Crippen molar-refractivity contribution in [1.29, 1.82) is 0 Å². The zero-order chi connectivity index (χ0) is 21.6. The van der Waals surface area contributed by atoms with Crippen molar-refractivity contribution < 1.29 is 17.9 Å². The van der Waals surface area contributed by atoms with Crippen molar-refractivity contribution in [3.05, 3.63) is 101 Å². The van der Waals surface area contributed by atoms with Crippen molar-refractivity contribution >= 4 is 15.6 Å². The Bertz CT molecular complexity index is 1240. The Hall–Kier alpha value is -3.05. The summed E-state index contributed by atoms with van der Waals surface area (Å²) in [7, 11) is -3.82. The lowest BCUT2D eigenvalue weighted by Gasteiger charge is -2.48. The molecule has 0 saturated heterocycles. The Morgan fingerprint density at radius 1 is 0.839 bits per heavy atom. The summed E-state index contributed by atoms with van der Waals surface area (Å²) in [6.45, 7) is 4.41. The molecule has 2 aliphatic heterocycles. The number of para-hydroxylation sites is 1. The van der Waals surface area contributed by atoms with Crippen molar-refractivity contribution in [3.8, 4) is 5.75 Å². The van der Waals surface area contributed by atoms with Crippen LogP contribution in [0.5, 0.6) is 5.75 Å². The molecule has 0 N–H and O–H groups in total. The average molecular weight is 433 g/mol. The van der Waals surface area contributed by atoms with Gasteiger partial charge in [-0.1, -0.05) is 66.7 Å². The Morgan fingerprint density at radius 3 is 2.16 bits per heavy atom. The van der Waals surface area contributed by atoms with Gasteiger partial charge in [0.05, 0.1) is 16.4 Å². The molecular formula is C26H24O4S. The molecule has 0 aromatic heterocycles. The molecule has 0 bridgehead atoms. The number of hydrogen-bond donors (Lipinski definition) is 0. The van der Waals surface area contributed by atoms with E-state index in [1.54, 1.807) is 24.3 Å². The molecule has 2 heterocycles. The highest BCUT2D eigenvalue weighted by Gasteiger charge is 2.52. The molecule has 0 aliphatic carbocycles. The van der Waals surface area contributed by atoms with E-state index in [1.807, 2.05) is 74.5 Å². The summed E-state index contributed by atoms with van der Waals surface area (Å²) in [5, 5.41) is 0. The highest BCUT2D eigenvalue weighted by molar-refractivity contribution is 7.95. The fraction of sp³-hybridized carbons (Fsp3) is 0.231. The van der Waals surface area contributed by atoms with Crippen molar-refractivity contribution in [3.63, 3.8) is 0 Å². The van der Waals surface area contributed by atoms with Gasteiger partial charge in [-0.25, -0.2) is 8.42 Å². The number of allylic oxidation sites excluding steroid dienone is 1. The normalized spacial score (nSPS) is 22.0. The van der Waals surface area contributed by atoms with Crippen molar-refractivity contribution in [2.24, 2.45) is 5.92 Å². The molecular weight excluding hydrogens is 408 g/mol. The lowest BCUT2D eigenvalue weighted by atomic mass is 9.73. The van der Waals surface area contributed by atoms with E-state index in [1.165, 1.54) is 0 Å². The van der Waals surface area contributed by atoms with Gasteiger partial charge in [0.1, 0.15) is 17.1 Å². The van der Waals surface area contributed by atoms with Gasteiger partial charge in [-0.3, -0.25) is 0 Å². The third-order valence-corrected chi connectivity index (χ3v) is 8.13. The van der Waals surface area contributed by atoms with Crippen LogP contribution >= 0.6 is 0 Å². The van der Waals surface area contributed by atoms with E-state index >= 15 is 0 Å². The summed E-state index contributed by atoms with van der Waals surface area (Å²) in [6, 6.07) is 25.8. The number of ether oxygens (including phenoxy) is 2. The van der Waals surface area contributed by atoms with Crippen LogP contribution in [0.3, 0.4) is 0 Å². The quantitative estimate of drug-likeness (QED) is 0.554. The summed E-state index contributed by atoms with van der Waals surface area (Å²) in [6.07, 6.45) is 0. The fourth-order valence-corrected chi connectivity index (χ4v) is 6.42. The Morgan fingerprint density at radius 2 is 1.45 bits per heavy atom. The highest BCUT2D eigenvalue weighted by Crippen LogP contribution is 2.55. The molecule has 0 amide bonds. The predicted molar refractivity (Wildman–Crippen MR) is 120 cm³/mol. The van der Waals surface area contributed by atoms with Crippen LogP contribution in [0.1, 0.15) is 30.9 Å². The number of rotatable bonds is 3. The van der Waals surface area contributed by atoms with Crippen LogP contribution in [0.15, 0.2) is 94.7 Å². The summed E-state index contributed by atoms with van der Waals surface area (Å²) >= 11 is 0. The first-order chi connectivity index (χ1) is 14.9. The van der Waals surface area contributed by atoms with E-state index in [2.05, 4.69) is 0 Å². The van der Waals surface area contributed by atoms with E-state index in [0.717, 1.165) is 16.9 Å². The third kappa shape index (κ3) is 3.24. The monoisotopic (exact) mass is 432 g/mol. The standard InChI is InChI=1S/C26H24O4S/c1-26(2)21-17-29-22-16-10-9-15-20(22)23(21)25(24(30-26)18-11-5-3-6-12-18)31(27,28)19-13-7-4-8-14-19/h3-16,21,23H,17H2,1-2H3/t21-,23+/m1/s1. The molecule has 5 heteroatoms. The van der Waals surface area contributed by atoms with Gasteiger partial charge in [-0.2, -0.15) is 0 Å². The van der Waals surface area contributed by atoms with Crippen LogP contribution in [0.25, 0.3) is 5.76 Å². The molecule has 5 rings (SSSR count). The molecule has 31 heavy (non-hydrogen) atoms. The van der Waals surface area contributed by atoms with E-state index in [-0.39, 0.29) is 16.7 Å². The Labute approximate surface area is 183 Å². The minimum Gasteiger partial charge on any atom is -0.493 e. The summed E-state index contributed by atoms with van der Waals surface area (Å²) in [5.74, 6) is 0.638. The van der Waals surface area contributed by atoms with Gasteiger partial charge in [-0.15, -0.1) is 0 Å². The second-order valence-corrected chi connectivity index (χ2v) is 10.4. The number of hydrogen-bond acceptors (Lipinski definition) is 4. The molecule has 0 fully saturated rings. The molecule has 2 aliphatic rings. The minimum absolute atomic E-state index is 0.150. The first kappa shape index (κ1) is 19.9. The van der Waals surface area contributed by atoms with E-state index < -0.39 is 15.4 Å². The maximum Gasteiger partial charge on any atom is 0.207 e. The van der Waals surface area contributed by atoms with Gasteiger partial charge in [0.25, 0.3) is 0 Å². The predicted octanol–water partition coefficient (Wildman–Crippen LogP) is 5.43. The van der Waals surface area contributed by atoms with Gasteiger partial charge < -0.3 is 9.47 Å². The molecule has 158 valence electrons. The smallest absolute Gasteiger partial charge is 0.207 e. The van der Waals surface area contributed by atoms with Crippen molar-refractivity contribution in [2.45, 2.75) is 30.3 Å². The van der Waals surface area contributed by atoms with Crippen LogP contribution in [-0.4, -0.2) is 20.6 Å². The molecule has 0 saturated carbocycles. The van der Waals surface area contributed by atoms with Crippen LogP contribution in [0, 0.1) is 5.92 Å². The van der Waals surface area contributed by atoms with Gasteiger partial charge in [0, 0.05) is 23.0 Å². The molecule has 0 spiro atoms. The molecule has 4 nitrogen and oxygen atoms in total. The summed E-state index contributed by atoms with van der Waals surface area (Å²) in [4.78, 5) is 0.578. The topological polar surface area (TPSA) is 52.6 Å². The second-order valence-electron chi connectivity index (χ2n) is 8.51. The number of fused-ring (bicyclic) bond motifs is 3. The zero-order valence-corrected chi connectivity index (χ0v) is 18.3. The number of benzene rings is 3. The van der Waals surface area contributed by atoms with E-state index in [0.29, 0.717) is 17.3 Å². The van der Waals surface area contributed by atoms with E-state index in [9.17, 15) is 8.42 Å². The van der Waals surface area contributed by atoms with Gasteiger partial charge >= 0.3 is 0 Å². The van der Waals surface area contributed by atoms with Gasteiger partial charge in [0.2, 0.25) is 9.84 Å². The lowest BCUT2D eigenvalue weighted by Crippen LogP contribution is -2.48. The molecule has 2 atom stereocenters. The molecule has 3 aromatic rings. The van der Waals surface area contributed by atoms with Crippen LogP contribution in [0.2, 0.25) is 0 Å². The van der Waals surface area contributed by atoms with E-state index in [4.69, 9.17) is 9.47 Å². The van der Waals surface area contributed by atoms with Gasteiger partial charge in [-0.05, 0) is 32.0 Å². The molecule has 3 aromatic carbocycles. The Kier molecular flexibility index (Phi) is 4.67. The first-order valence-electron chi connectivity index (χ1n) is 10.4. The van der Waals surface area contributed by atoms with Crippen molar-refractivity contribution in [2.75, 3.05) is 6.61 Å². The highest BCUT2D eigenvalue weighted by atomic mass is 32.2. The van der Waals surface area contributed by atoms with Gasteiger partial charge in [0.15, 0.2) is 0 Å².